The van der Waals surface area contributed by atoms with Gasteiger partial charge < -0.3 is 5.73 Å². The third-order valence-corrected chi connectivity index (χ3v) is 2.23. The van der Waals surface area contributed by atoms with E-state index in [4.69, 9.17) is 10.6 Å². The Morgan fingerprint density at radius 3 is 2.53 bits per heavy atom. The van der Waals surface area contributed by atoms with Crippen LogP contribution in [0.5, 0.6) is 0 Å². The molecule has 1 amide bonds. The van der Waals surface area contributed by atoms with Crippen molar-refractivity contribution in [3.63, 3.8) is 0 Å². The Kier molecular flexibility index (Phi) is 3.77. The van der Waals surface area contributed by atoms with Crippen LogP contribution in [0.1, 0.15) is 31.3 Å². The number of amides is 1. The minimum atomic E-state index is -0.278. The molecule has 0 unspecified atom stereocenters. The van der Waals surface area contributed by atoms with E-state index in [1.54, 1.807) is 7.05 Å². The molecule has 1 aromatic rings. The number of hydrogen-bond donors (Lipinski definition) is 1. The molecule has 1 rings (SSSR count). The van der Waals surface area contributed by atoms with Gasteiger partial charge in [-0.15, -0.1) is 0 Å². The van der Waals surface area contributed by atoms with Crippen molar-refractivity contribution in [2.24, 2.45) is 12.5 Å². The molecule has 17 heavy (non-hydrogen) atoms. The Hall–Kier alpha value is -1.56. The molecule has 0 radical (unpaired) electrons. The molecule has 0 spiro atoms. The van der Waals surface area contributed by atoms with E-state index in [9.17, 15) is 4.79 Å². The first-order valence-corrected chi connectivity index (χ1v) is 5.39. The van der Waals surface area contributed by atoms with Crippen molar-refractivity contribution >= 4 is 11.6 Å². The highest BCUT2D eigenvalue weighted by Gasteiger charge is 2.26. The lowest BCUT2D eigenvalue weighted by Crippen LogP contribution is -2.38. The van der Waals surface area contributed by atoms with Crippen LogP contribution < -0.4 is 5.73 Å². The van der Waals surface area contributed by atoms with Gasteiger partial charge in [-0.3, -0.25) is 14.3 Å². The van der Waals surface area contributed by atoms with Crippen LogP contribution in [0.4, 0.5) is 5.69 Å². The second-order valence-electron chi connectivity index (χ2n) is 5.16. The molecule has 0 fully saturated rings. The second-order valence-corrected chi connectivity index (χ2v) is 5.16. The van der Waals surface area contributed by atoms with E-state index in [1.807, 2.05) is 20.8 Å². The zero-order chi connectivity index (χ0) is 13.2. The molecule has 0 aromatic carbocycles. The average molecular weight is 240 g/mol. The van der Waals surface area contributed by atoms with Crippen molar-refractivity contribution in [1.29, 1.82) is 0 Å². The van der Waals surface area contributed by atoms with Crippen LogP contribution in [0.15, 0.2) is 6.20 Å². The smallest absolute Gasteiger partial charge is 0.297 e. The number of nitrogen functional groups attached to an aromatic ring is 1. The molecule has 0 aliphatic carbocycles. The largest absolute Gasteiger partial charge is 0.396 e. The van der Waals surface area contributed by atoms with Gasteiger partial charge in [-0.05, 0) is 5.41 Å². The van der Waals surface area contributed by atoms with Gasteiger partial charge in [0.15, 0.2) is 5.69 Å². The monoisotopic (exact) mass is 240 g/mol. The zero-order valence-electron chi connectivity index (χ0n) is 11.0. The molecule has 2 N–H and O–H groups in total. The zero-order valence-corrected chi connectivity index (χ0v) is 11.0. The molecular weight excluding hydrogens is 220 g/mol. The fourth-order valence-corrected chi connectivity index (χ4v) is 1.48. The highest BCUT2D eigenvalue weighted by Crippen LogP contribution is 2.19. The number of hydrogen-bond acceptors (Lipinski definition) is 4. The molecule has 0 saturated carbocycles. The maximum absolute atomic E-state index is 12.2. The quantitative estimate of drug-likeness (QED) is 0.801. The summed E-state index contributed by atoms with van der Waals surface area (Å²) in [7, 11) is 3.14. The minimum absolute atomic E-state index is 0.0565. The maximum Gasteiger partial charge on any atom is 0.297 e. The van der Waals surface area contributed by atoms with Crippen LogP contribution in [0, 0.1) is 5.41 Å². The van der Waals surface area contributed by atoms with Gasteiger partial charge in [0.1, 0.15) is 0 Å². The van der Waals surface area contributed by atoms with E-state index in [0.29, 0.717) is 17.9 Å². The first-order chi connectivity index (χ1) is 7.76. The van der Waals surface area contributed by atoms with Gasteiger partial charge in [0.05, 0.1) is 25.5 Å². The molecule has 0 aliphatic heterocycles. The van der Waals surface area contributed by atoms with Gasteiger partial charge in [-0.1, -0.05) is 20.8 Å². The van der Waals surface area contributed by atoms with Crippen molar-refractivity contribution in [3.05, 3.63) is 11.9 Å². The van der Waals surface area contributed by atoms with Crippen LogP contribution in [-0.4, -0.2) is 34.4 Å². The van der Waals surface area contributed by atoms with Crippen LogP contribution in [-0.2, 0) is 11.9 Å². The third-order valence-electron chi connectivity index (χ3n) is 2.23. The summed E-state index contributed by atoms with van der Waals surface area (Å²) in [6, 6.07) is 0. The Morgan fingerprint density at radius 2 is 2.18 bits per heavy atom. The van der Waals surface area contributed by atoms with Gasteiger partial charge >= 0.3 is 0 Å². The predicted molar refractivity (Wildman–Crippen MR) is 65.1 cm³/mol. The fourth-order valence-electron chi connectivity index (χ4n) is 1.48. The molecular formula is C11H20N4O2. The lowest BCUT2D eigenvalue weighted by molar-refractivity contribution is -0.111. The first-order valence-electron chi connectivity index (χ1n) is 5.39. The summed E-state index contributed by atoms with van der Waals surface area (Å²) in [5, 5.41) is 5.24. The summed E-state index contributed by atoms with van der Waals surface area (Å²) in [4.78, 5) is 17.3. The number of anilines is 1. The minimum Gasteiger partial charge on any atom is -0.396 e. The van der Waals surface area contributed by atoms with Crippen molar-refractivity contribution in [2.45, 2.75) is 20.8 Å². The van der Waals surface area contributed by atoms with E-state index in [1.165, 1.54) is 23.1 Å². The van der Waals surface area contributed by atoms with Crippen molar-refractivity contribution in [1.82, 2.24) is 14.8 Å². The Bertz CT molecular complexity index is 387. The number of nitrogens with zero attached hydrogens (tertiary/aromatic N) is 3. The van der Waals surface area contributed by atoms with E-state index in [-0.39, 0.29) is 11.3 Å². The van der Waals surface area contributed by atoms with Crippen LogP contribution in [0.2, 0.25) is 0 Å². The molecule has 6 heteroatoms. The summed E-state index contributed by atoms with van der Waals surface area (Å²) in [5.41, 5.74) is 6.35. The maximum atomic E-state index is 12.2. The number of hydroxylamine groups is 2. The number of carbonyl (C=O) groups excluding carboxylic acids is 1. The molecule has 0 bridgehead atoms. The topological polar surface area (TPSA) is 73.4 Å². The van der Waals surface area contributed by atoms with Gasteiger partial charge in [-0.25, -0.2) is 5.06 Å². The lowest BCUT2D eigenvalue weighted by Gasteiger charge is -2.27. The van der Waals surface area contributed by atoms with Crippen LogP contribution in [0.3, 0.4) is 0 Å². The molecule has 96 valence electrons. The summed E-state index contributed by atoms with van der Waals surface area (Å²) >= 11 is 0. The molecule has 1 aromatic heterocycles. The summed E-state index contributed by atoms with van der Waals surface area (Å²) < 4.78 is 1.45. The number of aryl methyl sites for hydroxylation is 1. The summed E-state index contributed by atoms with van der Waals surface area (Å²) in [6.45, 7) is 6.56. The lowest BCUT2D eigenvalue weighted by atomic mass is 9.97. The average Bonchev–Trinajstić information content (AvgIpc) is 2.53. The van der Waals surface area contributed by atoms with Gasteiger partial charge in [0, 0.05) is 7.05 Å². The van der Waals surface area contributed by atoms with Crippen molar-refractivity contribution in [3.8, 4) is 0 Å². The molecule has 6 nitrogen and oxygen atoms in total. The standard InChI is InChI=1S/C11H20N4O2/c1-11(2,3)7-15(17-5)10(16)9-8(12)6-13-14(9)4/h6H,7,12H2,1-5H3. The normalized spacial score (nSPS) is 11.6. The molecule has 0 atom stereocenters. The molecule has 0 aliphatic rings. The molecule has 1 heterocycles. The summed E-state index contributed by atoms with van der Waals surface area (Å²) in [6.07, 6.45) is 1.46. The second kappa shape index (κ2) is 4.75. The Morgan fingerprint density at radius 1 is 1.59 bits per heavy atom. The van der Waals surface area contributed by atoms with Crippen molar-refractivity contribution < 1.29 is 9.63 Å². The SMILES string of the molecule is CON(CC(C)(C)C)C(=O)c1c(N)cnn1C. The fraction of sp³-hybridized carbons (Fsp3) is 0.636. The highest BCUT2D eigenvalue weighted by molar-refractivity contribution is 5.96. The van der Waals surface area contributed by atoms with Crippen LogP contribution >= 0.6 is 0 Å². The summed E-state index contributed by atoms with van der Waals surface area (Å²) in [5.74, 6) is -0.278. The Labute approximate surface area is 101 Å². The Balaban J connectivity index is 2.95. The third kappa shape index (κ3) is 3.20. The van der Waals surface area contributed by atoms with E-state index < -0.39 is 0 Å². The van der Waals surface area contributed by atoms with Gasteiger partial charge in [0.2, 0.25) is 0 Å². The number of nitrogens with two attached hydrogens (primary N) is 1. The van der Waals surface area contributed by atoms with E-state index >= 15 is 0 Å². The van der Waals surface area contributed by atoms with E-state index in [0.717, 1.165) is 0 Å². The van der Waals surface area contributed by atoms with Gasteiger partial charge in [-0.2, -0.15) is 5.10 Å². The van der Waals surface area contributed by atoms with E-state index in [2.05, 4.69) is 5.10 Å². The van der Waals surface area contributed by atoms with Gasteiger partial charge in [0.25, 0.3) is 5.91 Å². The predicted octanol–water partition coefficient (Wildman–Crippen LogP) is 1.05. The van der Waals surface area contributed by atoms with Crippen LogP contribution in [0.25, 0.3) is 0 Å². The molecule has 0 saturated heterocycles. The number of aromatic nitrogens is 2. The first kappa shape index (κ1) is 13.5. The van der Waals surface area contributed by atoms with Crippen molar-refractivity contribution in [2.75, 3.05) is 19.4 Å². The number of carbonyl (C=O) groups is 1. The highest BCUT2D eigenvalue weighted by atomic mass is 16.7. The number of rotatable bonds is 3.